The number of ether oxygens (including phenoxy) is 1. The van der Waals surface area contributed by atoms with Gasteiger partial charge in [0, 0.05) is 39.3 Å². The molecular formula is C18H36N2O. The van der Waals surface area contributed by atoms with E-state index in [1.807, 2.05) is 0 Å². The first-order valence-corrected chi connectivity index (χ1v) is 9.05. The Morgan fingerprint density at radius 2 is 1.52 bits per heavy atom. The zero-order valence-corrected chi connectivity index (χ0v) is 14.6. The quantitative estimate of drug-likeness (QED) is 0.700. The molecule has 1 heterocycles. The molecule has 2 fully saturated rings. The van der Waals surface area contributed by atoms with Crippen LogP contribution in [-0.2, 0) is 4.74 Å². The van der Waals surface area contributed by atoms with Crippen molar-refractivity contribution in [3.8, 4) is 0 Å². The summed E-state index contributed by atoms with van der Waals surface area (Å²) < 4.78 is 5.79. The first-order valence-electron chi connectivity index (χ1n) is 9.05. The van der Waals surface area contributed by atoms with Gasteiger partial charge in [-0.25, -0.2) is 0 Å². The van der Waals surface area contributed by atoms with Crippen molar-refractivity contribution in [2.45, 2.75) is 52.9 Å². The second-order valence-corrected chi connectivity index (χ2v) is 8.26. The topological polar surface area (TPSA) is 15.7 Å². The van der Waals surface area contributed by atoms with E-state index in [9.17, 15) is 0 Å². The standard InChI is InChI=1S/C18H36N2O/c1-18(2,3)16-21-14-13-19-9-11-20(12-10-19)15-17-7-5-4-6-8-17/h17H,4-16H2,1-3H3. The molecular weight excluding hydrogens is 260 g/mol. The minimum atomic E-state index is 0.290. The molecule has 0 amide bonds. The van der Waals surface area contributed by atoms with Gasteiger partial charge in [-0.3, -0.25) is 4.90 Å². The van der Waals surface area contributed by atoms with Crippen LogP contribution in [0.3, 0.4) is 0 Å². The smallest absolute Gasteiger partial charge is 0.0593 e. The highest BCUT2D eigenvalue weighted by atomic mass is 16.5. The molecule has 1 aliphatic carbocycles. The van der Waals surface area contributed by atoms with Crippen molar-refractivity contribution in [1.82, 2.24) is 9.80 Å². The van der Waals surface area contributed by atoms with Gasteiger partial charge in [0.2, 0.25) is 0 Å². The Hall–Kier alpha value is -0.120. The summed E-state index contributed by atoms with van der Waals surface area (Å²) in [6.07, 6.45) is 7.35. The highest BCUT2D eigenvalue weighted by molar-refractivity contribution is 4.76. The van der Waals surface area contributed by atoms with Gasteiger partial charge >= 0.3 is 0 Å². The summed E-state index contributed by atoms with van der Waals surface area (Å²) in [5.74, 6) is 0.986. The van der Waals surface area contributed by atoms with Gasteiger partial charge in [0.25, 0.3) is 0 Å². The van der Waals surface area contributed by atoms with Crippen molar-refractivity contribution in [2.24, 2.45) is 11.3 Å². The summed E-state index contributed by atoms with van der Waals surface area (Å²) in [6.45, 7) is 15.9. The normalized spacial score (nSPS) is 23.6. The maximum absolute atomic E-state index is 5.79. The summed E-state index contributed by atoms with van der Waals surface area (Å²) in [6, 6.07) is 0. The molecule has 1 aliphatic heterocycles. The fourth-order valence-electron chi connectivity index (χ4n) is 3.50. The average molecular weight is 296 g/mol. The lowest BCUT2D eigenvalue weighted by molar-refractivity contribution is 0.0397. The Labute approximate surface area is 132 Å². The van der Waals surface area contributed by atoms with Crippen LogP contribution in [0.4, 0.5) is 0 Å². The molecule has 0 unspecified atom stereocenters. The Morgan fingerprint density at radius 3 is 2.14 bits per heavy atom. The van der Waals surface area contributed by atoms with E-state index in [1.54, 1.807) is 0 Å². The molecule has 1 saturated heterocycles. The zero-order chi connectivity index (χ0) is 15.1. The Bertz CT molecular complexity index is 273. The molecule has 0 N–H and O–H groups in total. The van der Waals surface area contributed by atoms with Gasteiger partial charge in [-0.2, -0.15) is 0 Å². The molecule has 0 aromatic carbocycles. The fourth-order valence-corrected chi connectivity index (χ4v) is 3.50. The number of hydrogen-bond donors (Lipinski definition) is 0. The van der Waals surface area contributed by atoms with Gasteiger partial charge in [-0.15, -0.1) is 0 Å². The third kappa shape index (κ3) is 7.12. The van der Waals surface area contributed by atoms with Crippen molar-refractivity contribution in [2.75, 3.05) is 52.5 Å². The third-order valence-electron chi connectivity index (χ3n) is 4.79. The number of piperazine rings is 1. The predicted octanol–water partition coefficient (Wildman–Crippen LogP) is 3.25. The van der Waals surface area contributed by atoms with Crippen LogP contribution >= 0.6 is 0 Å². The van der Waals surface area contributed by atoms with Crippen LogP contribution in [0.2, 0.25) is 0 Å². The molecule has 3 nitrogen and oxygen atoms in total. The number of rotatable bonds is 6. The van der Waals surface area contributed by atoms with E-state index in [1.165, 1.54) is 64.8 Å². The maximum atomic E-state index is 5.79. The lowest BCUT2D eigenvalue weighted by Gasteiger charge is -2.37. The molecule has 21 heavy (non-hydrogen) atoms. The van der Waals surface area contributed by atoms with E-state index in [0.29, 0.717) is 5.41 Å². The summed E-state index contributed by atoms with van der Waals surface area (Å²) >= 11 is 0. The second kappa shape index (κ2) is 8.50. The zero-order valence-electron chi connectivity index (χ0n) is 14.6. The van der Waals surface area contributed by atoms with Crippen molar-refractivity contribution < 1.29 is 4.74 Å². The van der Waals surface area contributed by atoms with Crippen molar-refractivity contribution in [3.05, 3.63) is 0 Å². The van der Waals surface area contributed by atoms with E-state index in [2.05, 4.69) is 30.6 Å². The van der Waals surface area contributed by atoms with Crippen LogP contribution in [0.5, 0.6) is 0 Å². The van der Waals surface area contributed by atoms with Gasteiger partial charge in [0.15, 0.2) is 0 Å². The molecule has 0 radical (unpaired) electrons. The van der Waals surface area contributed by atoms with Crippen LogP contribution in [0.15, 0.2) is 0 Å². The number of hydrogen-bond acceptors (Lipinski definition) is 3. The van der Waals surface area contributed by atoms with E-state index >= 15 is 0 Å². The van der Waals surface area contributed by atoms with Gasteiger partial charge in [0.1, 0.15) is 0 Å². The highest BCUT2D eigenvalue weighted by Gasteiger charge is 2.21. The van der Waals surface area contributed by atoms with Crippen LogP contribution in [-0.4, -0.2) is 62.3 Å². The van der Waals surface area contributed by atoms with Crippen LogP contribution in [0, 0.1) is 11.3 Å². The highest BCUT2D eigenvalue weighted by Crippen LogP contribution is 2.24. The second-order valence-electron chi connectivity index (χ2n) is 8.26. The molecule has 0 aromatic heterocycles. The van der Waals surface area contributed by atoms with Gasteiger partial charge < -0.3 is 9.64 Å². The van der Waals surface area contributed by atoms with Crippen molar-refractivity contribution >= 4 is 0 Å². The van der Waals surface area contributed by atoms with Crippen molar-refractivity contribution in [1.29, 1.82) is 0 Å². The molecule has 2 rings (SSSR count). The predicted molar refractivity (Wildman–Crippen MR) is 89.7 cm³/mol. The minimum Gasteiger partial charge on any atom is -0.380 e. The average Bonchev–Trinajstić information content (AvgIpc) is 2.45. The SMILES string of the molecule is CC(C)(C)COCCN1CCN(CC2CCCCC2)CC1. The van der Waals surface area contributed by atoms with Gasteiger partial charge in [-0.05, 0) is 24.2 Å². The monoisotopic (exact) mass is 296 g/mol. The molecule has 0 atom stereocenters. The van der Waals surface area contributed by atoms with E-state index < -0.39 is 0 Å². The van der Waals surface area contributed by atoms with Gasteiger partial charge in [-0.1, -0.05) is 40.0 Å². The third-order valence-corrected chi connectivity index (χ3v) is 4.79. The van der Waals surface area contributed by atoms with Gasteiger partial charge in [0.05, 0.1) is 13.2 Å². The summed E-state index contributed by atoms with van der Waals surface area (Å²) in [5, 5.41) is 0. The maximum Gasteiger partial charge on any atom is 0.0593 e. The first-order chi connectivity index (χ1) is 10.0. The van der Waals surface area contributed by atoms with Crippen molar-refractivity contribution in [3.63, 3.8) is 0 Å². The molecule has 2 aliphatic rings. The Balaban J connectivity index is 1.53. The molecule has 1 saturated carbocycles. The lowest BCUT2D eigenvalue weighted by atomic mass is 9.89. The largest absolute Gasteiger partial charge is 0.380 e. The molecule has 124 valence electrons. The minimum absolute atomic E-state index is 0.290. The summed E-state index contributed by atoms with van der Waals surface area (Å²) in [4.78, 5) is 5.27. The number of nitrogens with zero attached hydrogens (tertiary/aromatic N) is 2. The molecule has 3 heteroatoms. The molecule has 0 bridgehead atoms. The van der Waals surface area contributed by atoms with E-state index in [4.69, 9.17) is 4.74 Å². The Morgan fingerprint density at radius 1 is 0.905 bits per heavy atom. The first kappa shape index (κ1) is 17.2. The fraction of sp³-hybridized carbons (Fsp3) is 1.00. The Kier molecular flexibility index (Phi) is 6.97. The summed E-state index contributed by atoms with van der Waals surface area (Å²) in [7, 11) is 0. The molecule has 0 spiro atoms. The summed E-state index contributed by atoms with van der Waals surface area (Å²) in [5.41, 5.74) is 0.290. The van der Waals surface area contributed by atoms with Crippen LogP contribution in [0.1, 0.15) is 52.9 Å². The van der Waals surface area contributed by atoms with Crippen LogP contribution in [0.25, 0.3) is 0 Å². The lowest BCUT2D eigenvalue weighted by Crippen LogP contribution is -2.48. The van der Waals surface area contributed by atoms with E-state index in [0.717, 1.165) is 25.7 Å². The molecule has 0 aromatic rings. The van der Waals surface area contributed by atoms with E-state index in [-0.39, 0.29) is 0 Å². The van der Waals surface area contributed by atoms with Crippen LogP contribution < -0.4 is 0 Å².